The van der Waals surface area contributed by atoms with Gasteiger partial charge in [-0.15, -0.1) is 0 Å². The number of ether oxygens (including phenoxy) is 1. The maximum absolute atomic E-state index is 13.0. The van der Waals surface area contributed by atoms with Crippen LogP contribution >= 0.6 is 0 Å². The molecule has 2 aromatic carbocycles. The lowest BCUT2D eigenvalue weighted by Crippen LogP contribution is -2.40. The fourth-order valence-electron chi connectivity index (χ4n) is 4.30. The van der Waals surface area contributed by atoms with Crippen LogP contribution in [0.5, 0.6) is 5.75 Å². The number of carbonyl (C=O) groups is 2. The van der Waals surface area contributed by atoms with Gasteiger partial charge in [0.1, 0.15) is 5.75 Å². The highest BCUT2D eigenvalue weighted by molar-refractivity contribution is 5.98. The minimum Gasteiger partial charge on any atom is -0.497 e. The molecule has 3 aromatic rings. The number of likely N-dealkylation sites (tertiary alicyclic amines) is 1. The highest BCUT2D eigenvalue weighted by Gasteiger charge is 2.25. The molecule has 1 aliphatic heterocycles. The highest BCUT2D eigenvalue weighted by atomic mass is 16.5. The van der Waals surface area contributed by atoms with Gasteiger partial charge in [0, 0.05) is 42.5 Å². The molecule has 1 aromatic heterocycles. The van der Waals surface area contributed by atoms with E-state index in [1.807, 2.05) is 60.5 Å². The van der Waals surface area contributed by atoms with Crippen molar-refractivity contribution in [2.75, 3.05) is 25.5 Å². The first-order chi connectivity index (χ1) is 15.0. The number of aromatic nitrogens is 1. The first-order valence-electron chi connectivity index (χ1n) is 10.8. The molecule has 2 heterocycles. The average Bonchev–Trinajstić information content (AvgIpc) is 3.26. The van der Waals surface area contributed by atoms with E-state index in [4.69, 9.17) is 4.74 Å². The molecule has 4 rings (SSSR count). The van der Waals surface area contributed by atoms with Crippen LogP contribution in [0, 0.1) is 12.8 Å². The Hall–Kier alpha value is -3.28. The largest absolute Gasteiger partial charge is 0.497 e. The lowest BCUT2D eigenvalue weighted by Gasteiger charge is -2.33. The zero-order valence-electron chi connectivity index (χ0n) is 18.1. The van der Waals surface area contributed by atoms with Crippen molar-refractivity contribution in [2.24, 2.45) is 5.92 Å². The van der Waals surface area contributed by atoms with Gasteiger partial charge in [0.25, 0.3) is 5.91 Å². The molecule has 2 N–H and O–H groups in total. The number of amides is 2. The number of H-pyrrole nitrogens is 1. The fraction of sp³-hybridized carbons (Fsp3) is 0.360. The molecule has 0 aliphatic carbocycles. The maximum atomic E-state index is 13.0. The number of benzene rings is 2. The number of aromatic amines is 1. The number of rotatable bonds is 6. The van der Waals surface area contributed by atoms with Gasteiger partial charge in [-0.25, -0.2) is 0 Å². The first kappa shape index (κ1) is 21.0. The van der Waals surface area contributed by atoms with Crippen molar-refractivity contribution in [3.05, 3.63) is 59.8 Å². The minimum atomic E-state index is 0.00825. The van der Waals surface area contributed by atoms with Gasteiger partial charge < -0.3 is 19.9 Å². The number of piperidine rings is 1. The lowest BCUT2D eigenvalue weighted by atomic mass is 9.92. The van der Waals surface area contributed by atoms with Crippen LogP contribution < -0.4 is 10.1 Å². The number of nitrogens with zero attached hydrogens (tertiary/aromatic N) is 1. The van der Waals surface area contributed by atoms with Crippen LogP contribution in [-0.2, 0) is 4.79 Å². The van der Waals surface area contributed by atoms with E-state index < -0.39 is 0 Å². The number of methoxy groups -OCH3 is 1. The standard InChI is InChI=1S/C25H29N3O3/c1-17-14-21(31-2)8-9-22(17)27-24(29)10-5-18-4-3-13-28(16-18)25(30)20-7-6-19-11-12-26-23(19)15-20/h6-9,11-12,14-15,18,26H,3-5,10,13,16H2,1-2H3,(H,27,29). The summed E-state index contributed by atoms with van der Waals surface area (Å²) in [5.41, 5.74) is 3.47. The Bertz CT molecular complexity index is 1090. The van der Waals surface area contributed by atoms with Crippen LogP contribution in [0.3, 0.4) is 0 Å². The Morgan fingerprint density at radius 3 is 2.87 bits per heavy atom. The van der Waals surface area contributed by atoms with Crippen molar-refractivity contribution in [3.63, 3.8) is 0 Å². The monoisotopic (exact) mass is 419 g/mol. The molecule has 1 saturated heterocycles. The second-order valence-electron chi connectivity index (χ2n) is 8.31. The summed E-state index contributed by atoms with van der Waals surface area (Å²) in [4.78, 5) is 30.6. The van der Waals surface area contributed by atoms with Crippen molar-refractivity contribution >= 4 is 28.4 Å². The van der Waals surface area contributed by atoms with Gasteiger partial charge in [-0.3, -0.25) is 9.59 Å². The maximum Gasteiger partial charge on any atom is 0.253 e. The molecule has 1 fully saturated rings. The smallest absolute Gasteiger partial charge is 0.253 e. The molecule has 1 atom stereocenters. The Balaban J connectivity index is 1.31. The van der Waals surface area contributed by atoms with E-state index in [0.717, 1.165) is 53.7 Å². The normalized spacial score (nSPS) is 16.3. The van der Waals surface area contributed by atoms with Crippen molar-refractivity contribution in [1.29, 1.82) is 0 Å². The van der Waals surface area contributed by atoms with E-state index in [1.165, 1.54) is 0 Å². The highest BCUT2D eigenvalue weighted by Crippen LogP contribution is 2.25. The summed E-state index contributed by atoms with van der Waals surface area (Å²) < 4.78 is 5.21. The summed E-state index contributed by atoms with van der Waals surface area (Å²) in [5, 5.41) is 4.10. The van der Waals surface area contributed by atoms with Gasteiger partial charge in [0.05, 0.1) is 7.11 Å². The lowest BCUT2D eigenvalue weighted by molar-refractivity contribution is -0.116. The van der Waals surface area contributed by atoms with E-state index in [1.54, 1.807) is 7.11 Å². The van der Waals surface area contributed by atoms with Crippen LogP contribution in [-0.4, -0.2) is 41.9 Å². The molecule has 6 nitrogen and oxygen atoms in total. The number of hydrogen-bond acceptors (Lipinski definition) is 3. The van der Waals surface area contributed by atoms with Crippen molar-refractivity contribution in [2.45, 2.75) is 32.6 Å². The topological polar surface area (TPSA) is 74.4 Å². The Kier molecular flexibility index (Phi) is 6.26. The first-order valence-corrected chi connectivity index (χ1v) is 10.8. The van der Waals surface area contributed by atoms with E-state index in [9.17, 15) is 9.59 Å². The van der Waals surface area contributed by atoms with Crippen LogP contribution in [0.2, 0.25) is 0 Å². The molecule has 1 aliphatic rings. The molecule has 0 bridgehead atoms. The number of aryl methyl sites for hydroxylation is 1. The van der Waals surface area contributed by atoms with Gasteiger partial charge in [-0.1, -0.05) is 6.07 Å². The van der Waals surface area contributed by atoms with Crippen LogP contribution in [0.25, 0.3) is 10.9 Å². The van der Waals surface area contributed by atoms with Crippen LogP contribution in [0.4, 0.5) is 5.69 Å². The zero-order valence-corrected chi connectivity index (χ0v) is 18.1. The number of hydrogen-bond donors (Lipinski definition) is 2. The predicted octanol–water partition coefficient (Wildman–Crippen LogP) is 4.76. The number of anilines is 1. The van der Waals surface area contributed by atoms with Crippen molar-refractivity contribution < 1.29 is 14.3 Å². The molecule has 162 valence electrons. The van der Waals surface area contributed by atoms with Gasteiger partial charge in [0.2, 0.25) is 5.91 Å². The number of nitrogens with one attached hydrogen (secondary N) is 2. The zero-order chi connectivity index (χ0) is 21.8. The minimum absolute atomic E-state index is 0.00825. The predicted molar refractivity (Wildman–Crippen MR) is 123 cm³/mol. The summed E-state index contributed by atoms with van der Waals surface area (Å²) in [7, 11) is 1.63. The van der Waals surface area contributed by atoms with E-state index in [-0.39, 0.29) is 11.8 Å². The summed E-state index contributed by atoms with van der Waals surface area (Å²) >= 11 is 0. The summed E-state index contributed by atoms with van der Waals surface area (Å²) in [6.07, 6.45) is 5.13. The van der Waals surface area contributed by atoms with E-state index in [2.05, 4.69) is 10.3 Å². The molecule has 2 amide bonds. The quantitative estimate of drug-likeness (QED) is 0.605. The molecular weight excluding hydrogens is 390 g/mol. The van der Waals surface area contributed by atoms with Gasteiger partial charge in [0.15, 0.2) is 0 Å². The summed E-state index contributed by atoms with van der Waals surface area (Å²) in [5.74, 6) is 1.20. The molecule has 1 unspecified atom stereocenters. The Labute approximate surface area is 182 Å². The third kappa shape index (κ3) is 4.90. The van der Waals surface area contributed by atoms with Crippen molar-refractivity contribution in [1.82, 2.24) is 9.88 Å². The van der Waals surface area contributed by atoms with Crippen LogP contribution in [0.15, 0.2) is 48.7 Å². The van der Waals surface area contributed by atoms with Crippen molar-refractivity contribution in [3.8, 4) is 5.75 Å². The Morgan fingerprint density at radius 2 is 2.06 bits per heavy atom. The van der Waals surface area contributed by atoms with Gasteiger partial charge >= 0.3 is 0 Å². The fourth-order valence-corrected chi connectivity index (χ4v) is 4.30. The average molecular weight is 420 g/mol. The molecule has 6 heteroatoms. The van der Waals surface area contributed by atoms with E-state index >= 15 is 0 Å². The summed E-state index contributed by atoms with van der Waals surface area (Å²) in [6, 6.07) is 13.4. The number of carbonyl (C=O) groups excluding carboxylic acids is 2. The van der Waals surface area contributed by atoms with Crippen LogP contribution in [0.1, 0.15) is 41.6 Å². The molecule has 31 heavy (non-hydrogen) atoms. The second-order valence-corrected chi connectivity index (χ2v) is 8.31. The SMILES string of the molecule is COc1ccc(NC(=O)CCC2CCCN(C(=O)c3ccc4cc[nH]c4c3)C2)c(C)c1. The third-order valence-electron chi connectivity index (χ3n) is 6.10. The van der Waals surface area contributed by atoms with Gasteiger partial charge in [-0.05, 0) is 79.5 Å². The van der Waals surface area contributed by atoms with Gasteiger partial charge in [-0.2, -0.15) is 0 Å². The van der Waals surface area contributed by atoms with E-state index in [0.29, 0.717) is 24.4 Å². The summed E-state index contributed by atoms with van der Waals surface area (Å²) in [6.45, 7) is 3.43. The molecule has 0 saturated carbocycles. The molecule has 0 spiro atoms. The molecule has 0 radical (unpaired) electrons. The number of fused-ring (bicyclic) bond motifs is 1. The Morgan fingerprint density at radius 1 is 1.19 bits per heavy atom. The molecular formula is C25H29N3O3. The third-order valence-corrected chi connectivity index (χ3v) is 6.10. The second kappa shape index (κ2) is 9.25.